The highest BCUT2D eigenvalue weighted by Gasteiger charge is 2.36. The molecule has 0 bridgehead atoms. The Balaban J connectivity index is 1.88. The van der Waals surface area contributed by atoms with E-state index in [0.29, 0.717) is 5.75 Å². The van der Waals surface area contributed by atoms with Crippen LogP contribution >= 0.6 is 15.9 Å². The molecular formula is C26H29BrNO4+. The molecule has 0 fully saturated rings. The van der Waals surface area contributed by atoms with Crippen molar-refractivity contribution in [2.24, 2.45) is 0 Å². The van der Waals surface area contributed by atoms with Crippen LogP contribution in [0.25, 0.3) is 0 Å². The van der Waals surface area contributed by atoms with Crippen LogP contribution in [0.5, 0.6) is 23.0 Å². The van der Waals surface area contributed by atoms with E-state index >= 15 is 0 Å². The summed E-state index contributed by atoms with van der Waals surface area (Å²) in [5, 5.41) is 0. The molecule has 1 N–H and O–H groups in total. The molecule has 4 rings (SSSR count). The first kappa shape index (κ1) is 22.5. The highest BCUT2D eigenvalue weighted by atomic mass is 79.9. The second-order valence-corrected chi connectivity index (χ2v) is 8.74. The molecule has 1 aliphatic heterocycles. The molecule has 1 unspecified atom stereocenters. The SMILES string of the molecule is COc1cc(Br)c([C@@H]2c3cc(OC)c(OC)cc3CC[NH+]2Cc2ccccc2)cc1OC. The summed E-state index contributed by atoms with van der Waals surface area (Å²) in [5.74, 6) is 2.94. The lowest BCUT2D eigenvalue weighted by molar-refractivity contribution is -0.941. The first-order valence-corrected chi connectivity index (χ1v) is 11.4. The lowest BCUT2D eigenvalue weighted by Gasteiger charge is -2.36. The molecule has 0 amide bonds. The van der Waals surface area contributed by atoms with Crippen LogP contribution in [0.3, 0.4) is 0 Å². The van der Waals surface area contributed by atoms with Crippen molar-refractivity contribution in [3.8, 4) is 23.0 Å². The van der Waals surface area contributed by atoms with E-state index in [9.17, 15) is 0 Å². The summed E-state index contributed by atoms with van der Waals surface area (Å²) in [5.41, 5.74) is 4.99. The molecule has 0 radical (unpaired) electrons. The van der Waals surface area contributed by atoms with Crippen molar-refractivity contribution in [3.05, 3.63) is 81.3 Å². The van der Waals surface area contributed by atoms with Gasteiger partial charge in [0, 0.05) is 27.6 Å². The van der Waals surface area contributed by atoms with Crippen LogP contribution in [0.1, 0.15) is 28.3 Å². The van der Waals surface area contributed by atoms with E-state index in [0.717, 1.165) is 46.8 Å². The van der Waals surface area contributed by atoms with E-state index in [1.165, 1.54) is 21.6 Å². The maximum Gasteiger partial charge on any atom is 0.161 e. The van der Waals surface area contributed by atoms with Crippen molar-refractivity contribution in [2.75, 3.05) is 35.0 Å². The molecule has 1 heterocycles. The van der Waals surface area contributed by atoms with Gasteiger partial charge in [-0.2, -0.15) is 0 Å². The van der Waals surface area contributed by atoms with E-state index in [1.807, 2.05) is 6.07 Å². The lowest BCUT2D eigenvalue weighted by atomic mass is 9.87. The monoisotopic (exact) mass is 498 g/mol. The molecule has 6 heteroatoms. The Morgan fingerprint density at radius 1 is 0.781 bits per heavy atom. The minimum Gasteiger partial charge on any atom is -0.493 e. The molecule has 0 spiro atoms. The molecule has 3 aromatic rings. The van der Waals surface area contributed by atoms with Crippen molar-refractivity contribution in [1.29, 1.82) is 0 Å². The van der Waals surface area contributed by atoms with Gasteiger partial charge >= 0.3 is 0 Å². The smallest absolute Gasteiger partial charge is 0.161 e. The molecule has 0 saturated heterocycles. The Labute approximate surface area is 198 Å². The van der Waals surface area contributed by atoms with Gasteiger partial charge in [-0.3, -0.25) is 0 Å². The normalized spacial score (nSPS) is 17.4. The summed E-state index contributed by atoms with van der Waals surface area (Å²) in [6, 6.07) is 19.1. The number of hydrogen-bond acceptors (Lipinski definition) is 4. The maximum absolute atomic E-state index is 5.66. The van der Waals surface area contributed by atoms with Crippen LogP contribution in [-0.2, 0) is 13.0 Å². The van der Waals surface area contributed by atoms with Crippen LogP contribution in [0.2, 0.25) is 0 Å². The summed E-state index contributed by atoms with van der Waals surface area (Å²) in [7, 11) is 6.70. The van der Waals surface area contributed by atoms with Crippen LogP contribution < -0.4 is 23.8 Å². The van der Waals surface area contributed by atoms with E-state index in [1.54, 1.807) is 28.4 Å². The minimum absolute atomic E-state index is 0.0907. The van der Waals surface area contributed by atoms with Gasteiger partial charge in [0.15, 0.2) is 23.0 Å². The van der Waals surface area contributed by atoms with Crippen molar-refractivity contribution in [1.82, 2.24) is 0 Å². The number of fused-ring (bicyclic) bond motifs is 1. The number of hydrogen-bond donors (Lipinski definition) is 1. The largest absolute Gasteiger partial charge is 0.493 e. The van der Waals surface area contributed by atoms with E-state index in [2.05, 4.69) is 64.5 Å². The van der Waals surface area contributed by atoms with Gasteiger partial charge in [0.2, 0.25) is 0 Å². The third-order valence-corrected chi connectivity index (χ3v) is 6.85. The van der Waals surface area contributed by atoms with Crippen molar-refractivity contribution in [2.45, 2.75) is 19.0 Å². The summed E-state index contributed by atoms with van der Waals surface area (Å²) in [6.45, 7) is 1.92. The van der Waals surface area contributed by atoms with E-state index < -0.39 is 0 Å². The number of halogens is 1. The Morgan fingerprint density at radius 3 is 1.97 bits per heavy atom. The van der Waals surface area contributed by atoms with Gasteiger partial charge in [-0.25, -0.2) is 0 Å². The molecule has 5 nitrogen and oxygen atoms in total. The first-order valence-electron chi connectivity index (χ1n) is 10.6. The number of quaternary nitrogens is 1. The van der Waals surface area contributed by atoms with Crippen LogP contribution in [0.15, 0.2) is 59.1 Å². The molecule has 2 atom stereocenters. The van der Waals surface area contributed by atoms with Gasteiger partial charge < -0.3 is 23.8 Å². The Bertz CT molecular complexity index is 1090. The zero-order valence-corrected chi connectivity index (χ0v) is 20.5. The molecule has 0 aromatic heterocycles. The average molecular weight is 499 g/mol. The van der Waals surface area contributed by atoms with Crippen molar-refractivity contribution < 1.29 is 23.8 Å². The number of benzene rings is 3. The Hall–Kier alpha value is -2.70. The van der Waals surface area contributed by atoms with Crippen LogP contribution in [0.4, 0.5) is 0 Å². The fourth-order valence-electron chi connectivity index (χ4n) is 4.61. The Kier molecular flexibility index (Phi) is 6.92. The summed E-state index contributed by atoms with van der Waals surface area (Å²) in [6.07, 6.45) is 0.971. The Morgan fingerprint density at radius 2 is 1.34 bits per heavy atom. The second-order valence-electron chi connectivity index (χ2n) is 7.89. The van der Waals surface area contributed by atoms with Gasteiger partial charge in [-0.05, 0) is 29.8 Å². The lowest BCUT2D eigenvalue weighted by Crippen LogP contribution is -3.12. The second kappa shape index (κ2) is 9.84. The van der Waals surface area contributed by atoms with Gasteiger partial charge in [0.25, 0.3) is 0 Å². The standard InChI is InChI=1S/C26H28BrNO4/c1-29-22-12-18-10-11-28(16-17-8-6-5-7-9-17)26(19(18)13-23(22)30-2)20-14-24(31-3)25(32-4)15-21(20)27/h5-9,12-15,26H,10-11,16H2,1-4H3/p+1/t26-/m0/s1. The van der Waals surface area contributed by atoms with Crippen LogP contribution in [-0.4, -0.2) is 35.0 Å². The zero-order valence-electron chi connectivity index (χ0n) is 18.9. The molecular weight excluding hydrogens is 470 g/mol. The van der Waals surface area contributed by atoms with E-state index in [-0.39, 0.29) is 6.04 Å². The molecule has 32 heavy (non-hydrogen) atoms. The highest BCUT2D eigenvalue weighted by molar-refractivity contribution is 9.10. The summed E-state index contributed by atoms with van der Waals surface area (Å²) in [4.78, 5) is 1.46. The molecule has 0 saturated carbocycles. The number of rotatable bonds is 7. The predicted molar refractivity (Wildman–Crippen MR) is 128 cm³/mol. The van der Waals surface area contributed by atoms with Crippen molar-refractivity contribution in [3.63, 3.8) is 0 Å². The maximum atomic E-state index is 5.66. The average Bonchev–Trinajstić information content (AvgIpc) is 2.83. The van der Waals surface area contributed by atoms with Crippen LogP contribution in [0, 0.1) is 0 Å². The number of methoxy groups -OCH3 is 4. The minimum atomic E-state index is 0.0907. The molecule has 3 aromatic carbocycles. The topological polar surface area (TPSA) is 41.4 Å². The summed E-state index contributed by atoms with van der Waals surface area (Å²) >= 11 is 3.81. The fourth-order valence-corrected chi connectivity index (χ4v) is 5.16. The predicted octanol–water partition coefficient (Wildman–Crippen LogP) is 4.21. The molecule has 0 aliphatic carbocycles. The fraction of sp³-hybridized carbons (Fsp3) is 0.308. The highest BCUT2D eigenvalue weighted by Crippen LogP contribution is 2.41. The third-order valence-electron chi connectivity index (χ3n) is 6.17. The number of ether oxygens (including phenoxy) is 4. The van der Waals surface area contributed by atoms with Gasteiger partial charge in [0.05, 0.1) is 35.0 Å². The third kappa shape index (κ3) is 4.30. The van der Waals surface area contributed by atoms with Gasteiger partial charge in [-0.1, -0.05) is 46.3 Å². The van der Waals surface area contributed by atoms with Crippen molar-refractivity contribution >= 4 is 15.9 Å². The quantitative estimate of drug-likeness (QED) is 0.529. The number of nitrogens with one attached hydrogen (secondary N) is 1. The van der Waals surface area contributed by atoms with Gasteiger partial charge in [0.1, 0.15) is 12.6 Å². The zero-order chi connectivity index (χ0) is 22.7. The molecule has 1 aliphatic rings. The first-order chi connectivity index (χ1) is 15.6. The molecule has 168 valence electrons. The van der Waals surface area contributed by atoms with Gasteiger partial charge in [-0.15, -0.1) is 0 Å². The van der Waals surface area contributed by atoms with E-state index in [4.69, 9.17) is 18.9 Å². The summed E-state index contributed by atoms with van der Waals surface area (Å²) < 4.78 is 23.4.